The molecule has 0 bridgehead atoms. The van der Waals surface area contributed by atoms with E-state index in [4.69, 9.17) is 10.5 Å². The Bertz CT molecular complexity index is 375. The third-order valence-corrected chi connectivity index (χ3v) is 4.08. The predicted molar refractivity (Wildman–Crippen MR) is 79.3 cm³/mol. The van der Waals surface area contributed by atoms with Crippen molar-refractivity contribution in [2.45, 2.75) is 45.2 Å². The van der Waals surface area contributed by atoms with Crippen molar-refractivity contribution >= 4 is 0 Å². The molecule has 0 radical (unpaired) electrons. The van der Waals surface area contributed by atoms with E-state index in [9.17, 15) is 0 Å². The van der Waals surface area contributed by atoms with Gasteiger partial charge in [-0.15, -0.1) is 0 Å². The van der Waals surface area contributed by atoms with Crippen LogP contribution in [0.25, 0.3) is 0 Å². The van der Waals surface area contributed by atoms with Crippen LogP contribution < -0.4 is 10.5 Å². The number of likely N-dealkylation sites (N-methyl/N-ethyl adjacent to an activating group) is 1. The number of benzene rings is 1. The zero-order chi connectivity index (χ0) is 13.5. The number of ether oxygens (including phenoxy) is 1. The molecule has 1 aromatic carbocycles. The van der Waals surface area contributed by atoms with Crippen molar-refractivity contribution in [3.8, 4) is 5.75 Å². The van der Waals surface area contributed by atoms with E-state index in [1.165, 1.54) is 25.7 Å². The van der Waals surface area contributed by atoms with E-state index in [0.717, 1.165) is 37.1 Å². The van der Waals surface area contributed by atoms with E-state index >= 15 is 0 Å². The van der Waals surface area contributed by atoms with Crippen molar-refractivity contribution in [3.05, 3.63) is 29.8 Å². The second-order valence-corrected chi connectivity index (χ2v) is 5.23. The fraction of sp³-hybridized carbons (Fsp3) is 0.625. The van der Waals surface area contributed by atoms with Crippen molar-refractivity contribution in [2.75, 3.05) is 19.7 Å². The fourth-order valence-corrected chi connectivity index (χ4v) is 2.95. The van der Waals surface area contributed by atoms with Crippen LogP contribution in [0.2, 0.25) is 0 Å². The molecule has 0 aliphatic heterocycles. The molecule has 0 spiro atoms. The van der Waals surface area contributed by atoms with Gasteiger partial charge in [0.25, 0.3) is 0 Å². The monoisotopic (exact) mass is 262 g/mol. The summed E-state index contributed by atoms with van der Waals surface area (Å²) in [7, 11) is 0. The maximum atomic E-state index is 5.90. The van der Waals surface area contributed by atoms with Gasteiger partial charge in [-0.1, -0.05) is 38.0 Å². The van der Waals surface area contributed by atoms with Crippen LogP contribution in [-0.2, 0) is 6.54 Å². The number of hydrogen-bond donors (Lipinski definition) is 1. The molecule has 0 amide bonds. The molecule has 0 aromatic heterocycles. The molecule has 1 aliphatic carbocycles. The van der Waals surface area contributed by atoms with Crippen LogP contribution in [0.1, 0.15) is 38.2 Å². The normalized spacial score (nSPS) is 16.2. The lowest BCUT2D eigenvalue weighted by Crippen LogP contribution is -2.36. The summed E-state index contributed by atoms with van der Waals surface area (Å²) in [6.07, 6.45) is 5.48. The molecule has 3 nitrogen and oxygen atoms in total. The molecule has 2 N–H and O–H groups in total. The van der Waals surface area contributed by atoms with E-state index in [2.05, 4.69) is 11.8 Å². The second kappa shape index (κ2) is 7.51. The molecule has 1 fully saturated rings. The summed E-state index contributed by atoms with van der Waals surface area (Å²) in [5.74, 6) is 0.937. The lowest BCUT2D eigenvalue weighted by Gasteiger charge is -2.27. The Morgan fingerprint density at radius 2 is 2.00 bits per heavy atom. The summed E-state index contributed by atoms with van der Waals surface area (Å²) in [6, 6.07) is 8.82. The highest BCUT2D eigenvalue weighted by Crippen LogP contribution is 2.23. The average molecular weight is 262 g/mol. The zero-order valence-electron chi connectivity index (χ0n) is 12.0. The molecule has 1 aromatic rings. The molecular formula is C16H26N2O. The van der Waals surface area contributed by atoms with Crippen molar-refractivity contribution in [3.63, 3.8) is 0 Å². The molecule has 106 valence electrons. The van der Waals surface area contributed by atoms with Gasteiger partial charge >= 0.3 is 0 Å². The van der Waals surface area contributed by atoms with Gasteiger partial charge in [-0.3, -0.25) is 4.90 Å². The van der Waals surface area contributed by atoms with Gasteiger partial charge in [-0.2, -0.15) is 0 Å². The van der Waals surface area contributed by atoms with Crippen LogP contribution >= 0.6 is 0 Å². The standard InChI is InChI=1S/C16H26N2O/c1-2-18(15-8-4-5-9-15)11-12-19-16-10-6-3-7-14(16)13-17/h3,6-7,10,15H,2,4-5,8-9,11-13,17H2,1H3. The molecule has 1 aliphatic rings. The molecule has 1 saturated carbocycles. The Kier molecular flexibility index (Phi) is 5.67. The lowest BCUT2D eigenvalue weighted by molar-refractivity contribution is 0.167. The first-order valence-electron chi connectivity index (χ1n) is 7.50. The number of nitrogens with two attached hydrogens (primary N) is 1. The maximum absolute atomic E-state index is 5.90. The topological polar surface area (TPSA) is 38.5 Å². The summed E-state index contributed by atoms with van der Waals surface area (Å²) in [5, 5.41) is 0. The highest BCUT2D eigenvalue weighted by molar-refractivity contribution is 5.32. The Morgan fingerprint density at radius 3 is 2.68 bits per heavy atom. The molecule has 0 unspecified atom stereocenters. The predicted octanol–water partition coefficient (Wildman–Crippen LogP) is 2.79. The Morgan fingerprint density at radius 1 is 1.26 bits per heavy atom. The summed E-state index contributed by atoms with van der Waals surface area (Å²) >= 11 is 0. The van der Waals surface area contributed by atoms with Crippen LogP contribution in [0.3, 0.4) is 0 Å². The highest BCUT2D eigenvalue weighted by Gasteiger charge is 2.20. The Hall–Kier alpha value is -1.06. The molecular weight excluding hydrogens is 236 g/mol. The van der Waals surface area contributed by atoms with Crippen LogP contribution in [0.5, 0.6) is 5.75 Å². The zero-order valence-corrected chi connectivity index (χ0v) is 12.0. The number of rotatable bonds is 7. The van der Waals surface area contributed by atoms with E-state index in [-0.39, 0.29) is 0 Å². The largest absolute Gasteiger partial charge is 0.492 e. The van der Waals surface area contributed by atoms with E-state index in [1.807, 2.05) is 24.3 Å². The number of nitrogens with zero attached hydrogens (tertiary/aromatic N) is 1. The van der Waals surface area contributed by atoms with Gasteiger partial charge in [0.05, 0.1) is 0 Å². The van der Waals surface area contributed by atoms with Crippen molar-refractivity contribution in [2.24, 2.45) is 5.73 Å². The number of hydrogen-bond acceptors (Lipinski definition) is 3. The maximum Gasteiger partial charge on any atom is 0.123 e. The molecule has 2 rings (SSSR count). The van der Waals surface area contributed by atoms with Gasteiger partial charge in [0.15, 0.2) is 0 Å². The molecule has 0 atom stereocenters. The first kappa shape index (κ1) is 14.4. The van der Waals surface area contributed by atoms with Gasteiger partial charge in [0, 0.05) is 24.7 Å². The molecule has 19 heavy (non-hydrogen) atoms. The third kappa shape index (κ3) is 3.95. The van der Waals surface area contributed by atoms with Gasteiger partial charge in [0.2, 0.25) is 0 Å². The molecule has 0 heterocycles. The highest BCUT2D eigenvalue weighted by atomic mass is 16.5. The van der Waals surface area contributed by atoms with Gasteiger partial charge in [0.1, 0.15) is 12.4 Å². The van der Waals surface area contributed by atoms with Crippen LogP contribution in [-0.4, -0.2) is 30.6 Å². The van der Waals surface area contributed by atoms with Gasteiger partial charge in [-0.05, 0) is 25.5 Å². The van der Waals surface area contributed by atoms with Crippen LogP contribution in [0.4, 0.5) is 0 Å². The minimum Gasteiger partial charge on any atom is -0.492 e. The van der Waals surface area contributed by atoms with Gasteiger partial charge < -0.3 is 10.5 Å². The minimum absolute atomic E-state index is 0.538. The second-order valence-electron chi connectivity index (χ2n) is 5.23. The van der Waals surface area contributed by atoms with Crippen molar-refractivity contribution in [1.82, 2.24) is 4.90 Å². The summed E-state index contributed by atoms with van der Waals surface area (Å²) in [4.78, 5) is 2.55. The van der Waals surface area contributed by atoms with E-state index in [1.54, 1.807) is 0 Å². The third-order valence-electron chi connectivity index (χ3n) is 4.08. The van der Waals surface area contributed by atoms with E-state index in [0.29, 0.717) is 6.54 Å². The average Bonchev–Trinajstić information content (AvgIpc) is 2.98. The smallest absolute Gasteiger partial charge is 0.123 e. The van der Waals surface area contributed by atoms with Gasteiger partial charge in [-0.25, -0.2) is 0 Å². The van der Waals surface area contributed by atoms with Crippen molar-refractivity contribution in [1.29, 1.82) is 0 Å². The van der Waals surface area contributed by atoms with Crippen molar-refractivity contribution < 1.29 is 4.74 Å². The molecule has 3 heteroatoms. The Labute approximate surface area is 116 Å². The van der Waals surface area contributed by atoms with E-state index < -0.39 is 0 Å². The number of para-hydroxylation sites is 1. The van der Waals surface area contributed by atoms with Crippen LogP contribution in [0, 0.1) is 0 Å². The quantitative estimate of drug-likeness (QED) is 0.821. The summed E-state index contributed by atoms with van der Waals surface area (Å²) in [5.41, 5.74) is 6.81. The fourth-order valence-electron chi connectivity index (χ4n) is 2.95. The van der Waals surface area contributed by atoms with Crippen LogP contribution in [0.15, 0.2) is 24.3 Å². The SMILES string of the molecule is CCN(CCOc1ccccc1CN)C1CCCC1. The minimum atomic E-state index is 0.538. The first-order valence-corrected chi connectivity index (χ1v) is 7.50. The first-order chi connectivity index (χ1) is 9.35. The Balaban J connectivity index is 1.81. The summed E-state index contributed by atoms with van der Waals surface area (Å²) < 4.78 is 5.90. The summed E-state index contributed by atoms with van der Waals surface area (Å²) in [6.45, 7) is 5.66. The molecule has 0 saturated heterocycles. The lowest BCUT2D eigenvalue weighted by atomic mass is 10.2.